The van der Waals surface area contributed by atoms with E-state index in [1.807, 2.05) is 0 Å². The van der Waals surface area contributed by atoms with Crippen molar-refractivity contribution in [3.63, 3.8) is 0 Å². The molecule has 0 aliphatic carbocycles. The Morgan fingerprint density at radius 1 is 1.08 bits per heavy atom. The van der Waals surface area contributed by atoms with E-state index in [4.69, 9.17) is 0 Å². The van der Waals surface area contributed by atoms with Gasteiger partial charge in [-0.05, 0) is 23.8 Å². The summed E-state index contributed by atoms with van der Waals surface area (Å²) in [4.78, 5) is 2.56. The maximum absolute atomic E-state index is 4.46. The molecular weight excluding hydrogens is 338 g/mol. The molecule has 1 aromatic heterocycles. The van der Waals surface area contributed by atoms with Gasteiger partial charge in [0.1, 0.15) is 7.05 Å². The zero-order valence-electron chi connectivity index (χ0n) is 16.0. The van der Waals surface area contributed by atoms with Gasteiger partial charge >= 0.3 is 0 Å². The number of hydrogen-bond acceptors (Lipinski definition) is 2. The largest absolute Gasteiger partial charge is 0.365 e. The number of thiol groups is 1. The van der Waals surface area contributed by atoms with E-state index >= 15 is 0 Å². The number of aromatic nitrogens is 1. The van der Waals surface area contributed by atoms with Crippen molar-refractivity contribution in [2.24, 2.45) is 7.05 Å². The molecule has 2 heterocycles. The maximum atomic E-state index is 4.46. The van der Waals surface area contributed by atoms with Crippen LogP contribution in [0.4, 0.5) is 5.69 Å². The number of likely N-dealkylation sites (N-methyl/N-ethyl adjacent to an activating group) is 1. The molecule has 1 aliphatic rings. The third kappa shape index (κ3) is 4.68. The summed E-state index contributed by atoms with van der Waals surface area (Å²) >= 11 is 4.46. The fourth-order valence-electron chi connectivity index (χ4n) is 3.74. The van der Waals surface area contributed by atoms with Crippen LogP contribution in [0.25, 0.3) is 12.2 Å². The van der Waals surface area contributed by atoms with E-state index in [9.17, 15) is 0 Å². The van der Waals surface area contributed by atoms with Crippen LogP contribution in [0.15, 0.2) is 48.7 Å². The van der Waals surface area contributed by atoms with E-state index in [-0.39, 0.29) is 0 Å². The van der Waals surface area contributed by atoms with Crippen LogP contribution < -0.4 is 9.47 Å². The van der Waals surface area contributed by atoms with Gasteiger partial charge in [0, 0.05) is 42.6 Å². The number of hydrogen-bond donors (Lipinski definition) is 1. The summed E-state index contributed by atoms with van der Waals surface area (Å²) < 4.78 is 3.28. The minimum Gasteiger partial charge on any atom is -0.365 e. The van der Waals surface area contributed by atoms with Gasteiger partial charge in [-0.1, -0.05) is 18.2 Å². The SMILES string of the molecule is C[n+]1ccccc1/C=C/c1ccccc1N1CCC[N+](C)(CCS)CC1. The molecule has 3 nitrogen and oxygen atoms in total. The lowest BCUT2D eigenvalue weighted by atomic mass is 10.1. The molecule has 0 amide bonds. The highest BCUT2D eigenvalue weighted by molar-refractivity contribution is 7.80. The van der Waals surface area contributed by atoms with Crippen molar-refractivity contribution >= 4 is 30.5 Å². The average molecular weight is 370 g/mol. The van der Waals surface area contributed by atoms with E-state index in [0.29, 0.717) is 0 Å². The molecule has 0 radical (unpaired) electrons. The molecule has 0 bridgehead atoms. The van der Waals surface area contributed by atoms with Crippen molar-refractivity contribution in [3.05, 3.63) is 59.9 Å². The van der Waals surface area contributed by atoms with Gasteiger partial charge in [0.15, 0.2) is 6.20 Å². The lowest BCUT2D eigenvalue weighted by Gasteiger charge is -2.33. The van der Waals surface area contributed by atoms with Crippen LogP contribution in [0.5, 0.6) is 0 Å². The maximum Gasteiger partial charge on any atom is 0.204 e. The Bertz CT molecular complexity index is 759. The van der Waals surface area contributed by atoms with Gasteiger partial charge < -0.3 is 9.38 Å². The van der Waals surface area contributed by atoms with Gasteiger partial charge in [0.2, 0.25) is 5.69 Å². The average Bonchev–Trinajstić information content (AvgIpc) is 2.83. The minimum absolute atomic E-state index is 0.962. The Labute approximate surface area is 163 Å². The van der Waals surface area contributed by atoms with Crippen molar-refractivity contribution < 1.29 is 9.05 Å². The first-order chi connectivity index (χ1) is 12.6. The number of rotatable bonds is 5. The van der Waals surface area contributed by atoms with Gasteiger partial charge in [0.05, 0.1) is 33.2 Å². The fraction of sp³-hybridized carbons (Fsp3) is 0.409. The van der Waals surface area contributed by atoms with E-state index in [1.54, 1.807) is 0 Å². The summed E-state index contributed by atoms with van der Waals surface area (Å²) in [6.45, 7) is 5.82. The molecule has 26 heavy (non-hydrogen) atoms. The number of anilines is 1. The molecule has 4 heteroatoms. The molecule has 0 N–H and O–H groups in total. The summed E-state index contributed by atoms with van der Waals surface area (Å²) in [6.07, 6.45) is 7.77. The highest BCUT2D eigenvalue weighted by Crippen LogP contribution is 2.25. The first-order valence-corrected chi connectivity index (χ1v) is 10.2. The van der Waals surface area contributed by atoms with Crippen molar-refractivity contribution in [1.82, 2.24) is 0 Å². The molecule has 1 unspecified atom stereocenters. The van der Waals surface area contributed by atoms with Crippen molar-refractivity contribution in [1.29, 1.82) is 0 Å². The van der Waals surface area contributed by atoms with E-state index < -0.39 is 0 Å². The number of aryl methyl sites for hydroxylation is 1. The Morgan fingerprint density at radius 3 is 2.69 bits per heavy atom. The zero-order chi connectivity index (χ0) is 18.4. The molecule has 1 aliphatic heterocycles. The smallest absolute Gasteiger partial charge is 0.204 e. The fourth-order valence-corrected chi connectivity index (χ4v) is 4.22. The summed E-state index contributed by atoms with van der Waals surface area (Å²) in [7, 11) is 4.46. The van der Waals surface area contributed by atoms with Crippen LogP contribution in [0.2, 0.25) is 0 Å². The molecule has 0 spiro atoms. The van der Waals surface area contributed by atoms with Crippen molar-refractivity contribution in [2.75, 3.05) is 50.4 Å². The second-order valence-electron chi connectivity index (χ2n) is 7.48. The lowest BCUT2D eigenvalue weighted by molar-refractivity contribution is -0.904. The van der Waals surface area contributed by atoms with Gasteiger partial charge in [-0.25, -0.2) is 4.57 Å². The lowest BCUT2D eigenvalue weighted by Crippen LogP contribution is -2.48. The topological polar surface area (TPSA) is 7.12 Å². The third-order valence-corrected chi connectivity index (χ3v) is 5.68. The van der Waals surface area contributed by atoms with Crippen molar-refractivity contribution in [3.8, 4) is 0 Å². The molecule has 0 saturated carbocycles. The summed E-state index contributed by atoms with van der Waals surface area (Å²) in [6, 6.07) is 15.1. The molecular formula is C22H31N3S+2. The monoisotopic (exact) mass is 369 g/mol. The van der Waals surface area contributed by atoms with Gasteiger partial charge in [-0.3, -0.25) is 0 Å². The minimum atomic E-state index is 0.962. The van der Waals surface area contributed by atoms with Crippen LogP contribution >= 0.6 is 12.6 Å². The summed E-state index contributed by atoms with van der Waals surface area (Å²) in [5, 5.41) is 0. The predicted molar refractivity (Wildman–Crippen MR) is 114 cm³/mol. The second-order valence-corrected chi connectivity index (χ2v) is 7.93. The number of pyridine rings is 1. The number of nitrogens with zero attached hydrogens (tertiary/aromatic N) is 3. The Kier molecular flexibility index (Phi) is 6.38. The number of benzene rings is 1. The van der Waals surface area contributed by atoms with E-state index in [1.165, 1.54) is 36.5 Å². The number of quaternary nitrogens is 1. The molecule has 1 saturated heterocycles. The Hall–Kier alpha value is -1.78. The molecule has 1 atom stereocenters. The molecule has 3 rings (SSSR count). The van der Waals surface area contributed by atoms with Gasteiger partial charge in [-0.15, -0.1) is 0 Å². The van der Waals surface area contributed by atoms with Crippen LogP contribution in [-0.4, -0.2) is 50.0 Å². The Morgan fingerprint density at radius 2 is 1.88 bits per heavy atom. The molecule has 2 aromatic rings. The van der Waals surface area contributed by atoms with E-state index in [0.717, 1.165) is 29.9 Å². The highest BCUT2D eigenvalue weighted by Gasteiger charge is 2.26. The summed E-state index contributed by atoms with van der Waals surface area (Å²) in [5.74, 6) is 0.962. The molecule has 138 valence electrons. The molecule has 1 fully saturated rings. The first kappa shape index (κ1) is 19.0. The number of para-hydroxylation sites is 1. The van der Waals surface area contributed by atoms with Crippen molar-refractivity contribution in [2.45, 2.75) is 6.42 Å². The zero-order valence-corrected chi connectivity index (χ0v) is 16.9. The standard InChI is InChI=1S/C22H30N3S/c1-23-13-6-5-9-21(23)12-11-20-8-3-4-10-22(20)24-14-7-16-25(2,17-15-24)18-19-26/h3-6,8-13H,7,14-19H2,1-2H3/q+1/p+1. The van der Waals surface area contributed by atoms with E-state index in [2.05, 4.69) is 97.0 Å². The van der Waals surface area contributed by atoms with Crippen LogP contribution in [0.1, 0.15) is 17.7 Å². The third-order valence-electron chi connectivity index (χ3n) is 5.48. The van der Waals surface area contributed by atoms with Crippen LogP contribution in [0, 0.1) is 0 Å². The normalized spacial score (nSPS) is 21.1. The Balaban J connectivity index is 1.80. The first-order valence-electron chi connectivity index (χ1n) is 9.52. The quantitative estimate of drug-likeness (QED) is 0.483. The van der Waals surface area contributed by atoms with Gasteiger partial charge in [-0.2, -0.15) is 12.6 Å². The molecule has 1 aromatic carbocycles. The second kappa shape index (κ2) is 8.74. The van der Waals surface area contributed by atoms with Crippen LogP contribution in [0.3, 0.4) is 0 Å². The summed E-state index contributed by atoms with van der Waals surface area (Å²) in [5.41, 5.74) is 3.85. The van der Waals surface area contributed by atoms with Gasteiger partial charge in [0.25, 0.3) is 0 Å². The predicted octanol–water partition coefficient (Wildman–Crippen LogP) is 3.27. The highest BCUT2D eigenvalue weighted by atomic mass is 32.1. The van der Waals surface area contributed by atoms with Crippen LogP contribution in [-0.2, 0) is 7.05 Å².